The van der Waals surface area contributed by atoms with Crippen LogP contribution in [0.5, 0.6) is 0 Å². The van der Waals surface area contributed by atoms with Crippen molar-refractivity contribution in [3.63, 3.8) is 0 Å². The van der Waals surface area contributed by atoms with Gasteiger partial charge in [0.05, 0.1) is 0 Å². The number of nitrogens with one attached hydrogen (secondary N) is 1. The molecular weight excluding hydrogens is 341 g/mol. The van der Waals surface area contributed by atoms with Crippen LogP contribution in [0.3, 0.4) is 0 Å². The maximum Gasteiger partial charge on any atom is 0.408 e. The zero-order valence-electron chi connectivity index (χ0n) is 11.8. The first kappa shape index (κ1) is 17.1. The second-order valence-electron chi connectivity index (χ2n) is 4.68. The predicted molar refractivity (Wildman–Crippen MR) is 86.6 cm³/mol. The summed E-state index contributed by atoms with van der Waals surface area (Å²) in [5.74, 6) is -1.25. The summed E-state index contributed by atoms with van der Waals surface area (Å²) in [6, 6.07) is 12.0. The van der Waals surface area contributed by atoms with Gasteiger partial charge < -0.3 is 15.2 Å². The van der Waals surface area contributed by atoms with Gasteiger partial charge in [-0.1, -0.05) is 53.5 Å². The van der Waals surface area contributed by atoms with Crippen LogP contribution in [0.25, 0.3) is 0 Å². The molecule has 0 aliphatic carbocycles. The van der Waals surface area contributed by atoms with Crippen molar-refractivity contribution in [1.82, 2.24) is 5.32 Å². The summed E-state index contributed by atoms with van der Waals surface area (Å²) in [7, 11) is 0. The summed E-state index contributed by atoms with van der Waals surface area (Å²) in [5.41, 5.74) is 1.05. The van der Waals surface area contributed by atoms with E-state index in [0.29, 0.717) is 0 Å². The van der Waals surface area contributed by atoms with Gasteiger partial charge in [-0.15, -0.1) is 0 Å². The van der Waals surface area contributed by atoms with Crippen molar-refractivity contribution < 1.29 is 19.4 Å². The van der Waals surface area contributed by atoms with Gasteiger partial charge in [0.2, 0.25) is 0 Å². The molecule has 2 N–H and O–H groups in total. The highest BCUT2D eigenvalue weighted by Crippen LogP contribution is 2.24. The molecule has 1 atom stereocenters. The van der Waals surface area contributed by atoms with E-state index in [1.54, 1.807) is 12.1 Å². The van der Waals surface area contributed by atoms with Crippen molar-refractivity contribution in [3.8, 4) is 0 Å². The number of carboxylic acid groups (broad SMARTS) is 1. The normalized spacial score (nSPS) is 11.6. The minimum Gasteiger partial charge on any atom is -0.479 e. The van der Waals surface area contributed by atoms with Crippen LogP contribution < -0.4 is 5.32 Å². The average molecular weight is 354 g/mol. The topological polar surface area (TPSA) is 75.6 Å². The van der Waals surface area contributed by atoms with E-state index in [1.165, 1.54) is 18.2 Å². The predicted octanol–water partition coefficient (Wildman–Crippen LogP) is 4.05. The number of hydrogen-bond donors (Lipinski definition) is 2. The molecule has 0 unspecified atom stereocenters. The first-order valence-corrected chi connectivity index (χ1v) is 7.37. The fourth-order valence-electron chi connectivity index (χ4n) is 1.91. The van der Waals surface area contributed by atoms with E-state index in [-0.39, 0.29) is 22.2 Å². The summed E-state index contributed by atoms with van der Waals surface area (Å²) < 4.78 is 5.01. The molecule has 0 bridgehead atoms. The molecule has 2 rings (SSSR count). The minimum absolute atomic E-state index is 0.0370. The van der Waals surface area contributed by atoms with Crippen molar-refractivity contribution in [2.24, 2.45) is 0 Å². The van der Waals surface area contributed by atoms with E-state index in [4.69, 9.17) is 27.9 Å². The number of carbonyl (C=O) groups is 2. The van der Waals surface area contributed by atoms with Gasteiger partial charge in [0, 0.05) is 10.0 Å². The van der Waals surface area contributed by atoms with Gasteiger partial charge in [0.15, 0.2) is 6.04 Å². The molecule has 0 fully saturated rings. The van der Waals surface area contributed by atoms with Crippen molar-refractivity contribution >= 4 is 35.3 Å². The van der Waals surface area contributed by atoms with Crippen LogP contribution in [0.4, 0.5) is 4.79 Å². The fourth-order valence-corrected chi connectivity index (χ4v) is 2.46. The third-order valence-corrected chi connectivity index (χ3v) is 3.38. The number of hydrogen-bond acceptors (Lipinski definition) is 3. The lowest BCUT2D eigenvalue weighted by atomic mass is 10.1. The molecule has 0 aliphatic heterocycles. The maximum absolute atomic E-state index is 11.8. The number of alkyl carbamates (subject to hydrolysis) is 1. The van der Waals surface area contributed by atoms with Crippen LogP contribution in [0.2, 0.25) is 10.0 Å². The SMILES string of the molecule is O=C(N[C@H](C(=O)O)c1cc(Cl)cc(Cl)c1)OCc1ccccc1. The Balaban J connectivity index is 2.04. The standard InChI is InChI=1S/C16H13Cl2NO4/c17-12-6-11(7-13(18)8-12)14(15(20)21)19-16(22)23-9-10-4-2-1-3-5-10/h1-8,14H,9H2,(H,19,22)(H,20,21)/t14-/m0/s1. The van der Waals surface area contributed by atoms with Gasteiger partial charge in [-0.05, 0) is 29.3 Å². The van der Waals surface area contributed by atoms with Crippen molar-refractivity contribution in [1.29, 1.82) is 0 Å². The summed E-state index contributed by atoms with van der Waals surface area (Å²) in [5, 5.41) is 12.1. The number of amides is 1. The molecule has 1 amide bonds. The van der Waals surface area contributed by atoms with E-state index in [9.17, 15) is 14.7 Å². The van der Waals surface area contributed by atoms with Gasteiger partial charge in [-0.3, -0.25) is 0 Å². The van der Waals surface area contributed by atoms with Crippen LogP contribution in [0.1, 0.15) is 17.2 Å². The van der Waals surface area contributed by atoms with Crippen LogP contribution in [0.15, 0.2) is 48.5 Å². The van der Waals surface area contributed by atoms with Gasteiger partial charge in [-0.25, -0.2) is 9.59 Å². The first-order chi connectivity index (χ1) is 11.0. The number of carbonyl (C=O) groups excluding carboxylic acids is 1. The molecule has 0 saturated carbocycles. The lowest BCUT2D eigenvalue weighted by Crippen LogP contribution is -2.34. The third kappa shape index (κ3) is 5.16. The molecular formula is C16H13Cl2NO4. The Morgan fingerprint density at radius 2 is 1.70 bits per heavy atom. The largest absolute Gasteiger partial charge is 0.479 e. The van der Waals surface area contributed by atoms with Crippen molar-refractivity contribution in [2.45, 2.75) is 12.6 Å². The van der Waals surface area contributed by atoms with E-state index < -0.39 is 18.1 Å². The third-order valence-electron chi connectivity index (χ3n) is 2.94. The Bertz CT molecular complexity index is 686. The molecule has 0 aromatic heterocycles. The quantitative estimate of drug-likeness (QED) is 0.850. The van der Waals surface area contributed by atoms with Crippen LogP contribution in [-0.2, 0) is 16.1 Å². The Morgan fingerprint density at radius 3 is 2.26 bits per heavy atom. The number of halogens is 2. The summed E-state index contributed by atoms with van der Waals surface area (Å²) >= 11 is 11.7. The molecule has 23 heavy (non-hydrogen) atoms. The van der Waals surface area contributed by atoms with Crippen molar-refractivity contribution in [2.75, 3.05) is 0 Å². The molecule has 0 saturated heterocycles. The highest BCUT2D eigenvalue weighted by atomic mass is 35.5. The Kier molecular flexibility index (Phi) is 5.84. The van der Waals surface area contributed by atoms with E-state index in [2.05, 4.69) is 5.32 Å². The van der Waals surface area contributed by atoms with Crippen LogP contribution in [0, 0.1) is 0 Å². The summed E-state index contributed by atoms with van der Waals surface area (Å²) in [6.45, 7) is 0.0370. The van der Waals surface area contributed by atoms with Crippen LogP contribution in [-0.4, -0.2) is 17.2 Å². The zero-order chi connectivity index (χ0) is 16.8. The van der Waals surface area contributed by atoms with Crippen molar-refractivity contribution in [3.05, 3.63) is 69.7 Å². The highest BCUT2D eigenvalue weighted by Gasteiger charge is 2.23. The fraction of sp³-hybridized carbons (Fsp3) is 0.125. The molecule has 0 aliphatic rings. The van der Waals surface area contributed by atoms with E-state index in [1.807, 2.05) is 18.2 Å². The van der Waals surface area contributed by atoms with Gasteiger partial charge in [0.25, 0.3) is 0 Å². The molecule has 5 nitrogen and oxygen atoms in total. The second-order valence-corrected chi connectivity index (χ2v) is 5.55. The molecule has 120 valence electrons. The molecule has 2 aromatic carbocycles. The number of ether oxygens (including phenoxy) is 1. The second kappa shape index (κ2) is 7.85. The smallest absolute Gasteiger partial charge is 0.408 e. The molecule has 7 heteroatoms. The molecule has 2 aromatic rings. The molecule has 0 radical (unpaired) electrons. The molecule has 0 spiro atoms. The lowest BCUT2D eigenvalue weighted by Gasteiger charge is -2.15. The lowest BCUT2D eigenvalue weighted by molar-refractivity contribution is -0.139. The summed E-state index contributed by atoms with van der Waals surface area (Å²) in [6.07, 6.45) is -0.850. The average Bonchev–Trinajstić information content (AvgIpc) is 2.50. The molecule has 0 heterocycles. The van der Waals surface area contributed by atoms with E-state index >= 15 is 0 Å². The Hall–Kier alpha value is -2.24. The maximum atomic E-state index is 11.8. The first-order valence-electron chi connectivity index (χ1n) is 6.61. The number of benzene rings is 2. The van der Waals surface area contributed by atoms with Gasteiger partial charge in [0.1, 0.15) is 6.61 Å². The Labute approximate surface area is 142 Å². The van der Waals surface area contributed by atoms with E-state index in [0.717, 1.165) is 5.56 Å². The minimum atomic E-state index is -1.31. The summed E-state index contributed by atoms with van der Waals surface area (Å²) in [4.78, 5) is 23.2. The zero-order valence-corrected chi connectivity index (χ0v) is 13.3. The van der Waals surface area contributed by atoms with Crippen LogP contribution >= 0.6 is 23.2 Å². The number of rotatable bonds is 5. The monoisotopic (exact) mass is 353 g/mol. The number of carboxylic acids is 1. The number of aliphatic carboxylic acids is 1. The Morgan fingerprint density at radius 1 is 1.09 bits per heavy atom. The van der Waals surface area contributed by atoms with Gasteiger partial charge in [-0.2, -0.15) is 0 Å². The van der Waals surface area contributed by atoms with Gasteiger partial charge >= 0.3 is 12.1 Å². The highest BCUT2D eigenvalue weighted by molar-refractivity contribution is 6.34.